The summed E-state index contributed by atoms with van der Waals surface area (Å²) in [6.07, 6.45) is 1.13. The van der Waals surface area contributed by atoms with Gasteiger partial charge in [-0.2, -0.15) is 0 Å². The van der Waals surface area contributed by atoms with Crippen molar-refractivity contribution in [3.05, 3.63) is 65.2 Å². The van der Waals surface area contributed by atoms with Gasteiger partial charge >= 0.3 is 0 Å². The molecule has 0 radical (unpaired) electrons. The predicted octanol–water partition coefficient (Wildman–Crippen LogP) is 3.84. The molecule has 18 heavy (non-hydrogen) atoms. The summed E-state index contributed by atoms with van der Waals surface area (Å²) in [6, 6.07) is 17.6. The zero-order valence-corrected chi connectivity index (χ0v) is 10.8. The lowest BCUT2D eigenvalue weighted by Gasteiger charge is -2.35. The van der Waals surface area contributed by atoms with Crippen LogP contribution in [0.3, 0.4) is 0 Å². The van der Waals surface area contributed by atoms with E-state index in [4.69, 9.17) is 0 Å². The highest BCUT2D eigenvalue weighted by atomic mass is 15.1. The molecule has 0 bridgehead atoms. The van der Waals surface area contributed by atoms with Crippen LogP contribution >= 0.6 is 0 Å². The normalized spacial score (nSPS) is 31.4. The molecule has 0 amide bonds. The van der Waals surface area contributed by atoms with Crippen molar-refractivity contribution in [3.63, 3.8) is 0 Å². The number of hydrogen-bond acceptors (Lipinski definition) is 1. The van der Waals surface area contributed by atoms with Crippen LogP contribution in [0.4, 0.5) is 5.69 Å². The van der Waals surface area contributed by atoms with Crippen molar-refractivity contribution in [1.82, 2.24) is 0 Å². The number of benzene rings is 2. The third-order valence-electron chi connectivity index (χ3n) is 5.11. The van der Waals surface area contributed by atoms with E-state index >= 15 is 0 Å². The molecule has 90 valence electrons. The molecule has 2 aromatic rings. The van der Waals surface area contributed by atoms with Gasteiger partial charge < -0.3 is 5.32 Å². The summed E-state index contributed by atoms with van der Waals surface area (Å²) in [4.78, 5) is 0. The summed E-state index contributed by atoms with van der Waals surface area (Å²) >= 11 is 0. The summed E-state index contributed by atoms with van der Waals surface area (Å²) in [6.45, 7) is 4.74. The average molecular weight is 235 g/mol. The fourth-order valence-corrected chi connectivity index (χ4v) is 3.93. The zero-order chi connectivity index (χ0) is 12.4. The van der Waals surface area contributed by atoms with Crippen LogP contribution in [0.25, 0.3) is 0 Å². The molecule has 1 heterocycles. The van der Waals surface area contributed by atoms with Crippen molar-refractivity contribution in [2.75, 3.05) is 5.32 Å². The summed E-state index contributed by atoms with van der Waals surface area (Å²) in [5, 5.41) is 3.77. The van der Waals surface area contributed by atoms with Crippen molar-refractivity contribution in [2.24, 2.45) is 0 Å². The van der Waals surface area contributed by atoms with Gasteiger partial charge in [-0.25, -0.2) is 0 Å². The Hall–Kier alpha value is -1.76. The van der Waals surface area contributed by atoms with Crippen LogP contribution in [0.2, 0.25) is 0 Å². The molecule has 4 rings (SSSR count). The van der Waals surface area contributed by atoms with Crippen LogP contribution in [0.5, 0.6) is 0 Å². The second-order valence-electron chi connectivity index (χ2n) is 5.96. The first kappa shape index (κ1) is 10.2. The summed E-state index contributed by atoms with van der Waals surface area (Å²) in [7, 11) is 0. The van der Waals surface area contributed by atoms with E-state index in [1.165, 1.54) is 22.4 Å². The van der Waals surface area contributed by atoms with E-state index in [9.17, 15) is 0 Å². The Balaban J connectivity index is 2.00. The van der Waals surface area contributed by atoms with Crippen LogP contribution in [-0.4, -0.2) is 0 Å². The van der Waals surface area contributed by atoms with Gasteiger partial charge in [0, 0.05) is 11.1 Å². The lowest BCUT2D eigenvalue weighted by Crippen LogP contribution is -2.42. The molecule has 1 heteroatoms. The van der Waals surface area contributed by atoms with Gasteiger partial charge in [-0.05, 0) is 36.1 Å². The van der Waals surface area contributed by atoms with Crippen LogP contribution in [0, 0.1) is 0 Å². The highest BCUT2D eigenvalue weighted by Gasteiger charge is 2.57. The Morgan fingerprint density at radius 2 is 1.56 bits per heavy atom. The van der Waals surface area contributed by atoms with Gasteiger partial charge in [0.05, 0.1) is 5.54 Å². The van der Waals surface area contributed by atoms with Gasteiger partial charge in [0.15, 0.2) is 0 Å². The SMILES string of the molecule is C[C@]12Cc3ccccc3[C@@]1(C)Nc1ccccc12. The molecule has 1 aliphatic carbocycles. The molecular weight excluding hydrogens is 218 g/mol. The van der Waals surface area contributed by atoms with Crippen LogP contribution in [0.15, 0.2) is 48.5 Å². The van der Waals surface area contributed by atoms with Gasteiger partial charge in [0.1, 0.15) is 0 Å². The highest BCUT2D eigenvalue weighted by molar-refractivity contribution is 5.69. The van der Waals surface area contributed by atoms with Crippen molar-refractivity contribution in [2.45, 2.75) is 31.2 Å². The quantitative estimate of drug-likeness (QED) is 0.731. The van der Waals surface area contributed by atoms with E-state index < -0.39 is 0 Å². The molecule has 1 N–H and O–H groups in total. The van der Waals surface area contributed by atoms with Crippen LogP contribution < -0.4 is 5.32 Å². The Morgan fingerprint density at radius 1 is 0.889 bits per heavy atom. The molecule has 0 fully saturated rings. The number of nitrogens with one attached hydrogen (secondary N) is 1. The maximum atomic E-state index is 3.77. The topological polar surface area (TPSA) is 12.0 Å². The lowest BCUT2D eigenvalue weighted by atomic mass is 9.71. The maximum absolute atomic E-state index is 3.77. The second-order valence-corrected chi connectivity index (χ2v) is 5.96. The van der Waals surface area contributed by atoms with Crippen molar-refractivity contribution < 1.29 is 0 Å². The molecule has 2 aromatic carbocycles. The smallest absolute Gasteiger partial charge is 0.0697 e. The fraction of sp³-hybridized carbons (Fsp3) is 0.294. The predicted molar refractivity (Wildman–Crippen MR) is 74.9 cm³/mol. The van der Waals surface area contributed by atoms with Crippen LogP contribution in [-0.2, 0) is 17.4 Å². The third kappa shape index (κ3) is 0.951. The van der Waals surface area contributed by atoms with Gasteiger partial charge in [0.2, 0.25) is 0 Å². The summed E-state index contributed by atoms with van der Waals surface area (Å²) in [5.41, 5.74) is 5.93. The minimum Gasteiger partial charge on any atom is -0.375 e. The monoisotopic (exact) mass is 235 g/mol. The fourth-order valence-electron chi connectivity index (χ4n) is 3.93. The number of hydrogen-bond donors (Lipinski definition) is 1. The minimum atomic E-state index is 0.0350. The third-order valence-corrected chi connectivity index (χ3v) is 5.11. The standard InChI is InChI=1S/C17H17N/c1-16-11-12-7-3-4-8-13(12)17(16,2)18-15-10-6-5-9-14(15)16/h3-10,18H,11H2,1-2H3/t16-,17-/m1/s1. The molecule has 0 unspecified atom stereocenters. The molecule has 0 saturated heterocycles. The first-order chi connectivity index (χ1) is 8.65. The second kappa shape index (κ2) is 2.97. The Labute approximate surface area is 108 Å². The number of rotatable bonds is 0. The molecular formula is C17H17N. The lowest BCUT2D eigenvalue weighted by molar-refractivity contribution is 0.341. The number of fused-ring (bicyclic) bond motifs is 5. The van der Waals surface area contributed by atoms with Gasteiger partial charge in [-0.15, -0.1) is 0 Å². The van der Waals surface area contributed by atoms with Crippen molar-refractivity contribution in [3.8, 4) is 0 Å². The highest BCUT2D eigenvalue weighted by Crippen LogP contribution is 2.58. The van der Waals surface area contributed by atoms with Gasteiger partial charge in [-0.3, -0.25) is 0 Å². The van der Waals surface area contributed by atoms with E-state index in [0.29, 0.717) is 0 Å². The largest absolute Gasteiger partial charge is 0.375 e. The molecule has 1 aliphatic heterocycles. The zero-order valence-electron chi connectivity index (χ0n) is 10.8. The molecule has 1 nitrogen and oxygen atoms in total. The van der Waals surface area contributed by atoms with E-state index in [0.717, 1.165) is 6.42 Å². The molecule has 2 atom stereocenters. The minimum absolute atomic E-state index is 0.0350. The van der Waals surface area contributed by atoms with E-state index in [2.05, 4.69) is 67.7 Å². The Bertz CT molecular complexity index is 588. The van der Waals surface area contributed by atoms with Gasteiger partial charge in [0.25, 0.3) is 0 Å². The molecule has 2 aliphatic rings. The first-order valence-electron chi connectivity index (χ1n) is 6.61. The van der Waals surface area contributed by atoms with Gasteiger partial charge in [-0.1, -0.05) is 49.4 Å². The van der Waals surface area contributed by atoms with E-state index in [-0.39, 0.29) is 11.0 Å². The molecule has 0 spiro atoms. The van der Waals surface area contributed by atoms with Crippen LogP contribution in [0.1, 0.15) is 30.5 Å². The molecule has 0 saturated carbocycles. The first-order valence-corrected chi connectivity index (χ1v) is 6.61. The average Bonchev–Trinajstić information content (AvgIpc) is 2.73. The van der Waals surface area contributed by atoms with E-state index in [1.54, 1.807) is 0 Å². The van der Waals surface area contributed by atoms with Crippen molar-refractivity contribution >= 4 is 5.69 Å². The number of anilines is 1. The summed E-state index contributed by atoms with van der Waals surface area (Å²) < 4.78 is 0. The Morgan fingerprint density at radius 3 is 2.39 bits per heavy atom. The maximum Gasteiger partial charge on any atom is 0.0697 e. The summed E-state index contributed by atoms with van der Waals surface area (Å²) in [5.74, 6) is 0. The Kier molecular flexibility index (Phi) is 1.68. The molecule has 0 aromatic heterocycles. The number of para-hydroxylation sites is 1. The van der Waals surface area contributed by atoms with Crippen molar-refractivity contribution in [1.29, 1.82) is 0 Å². The van der Waals surface area contributed by atoms with E-state index in [1.807, 2.05) is 0 Å².